The summed E-state index contributed by atoms with van der Waals surface area (Å²) in [5.74, 6) is -1.92. The molecule has 1 heterocycles. The van der Waals surface area contributed by atoms with Crippen molar-refractivity contribution in [2.75, 3.05) is 5.73 Å². The molecule has 1 aromatic heterocycles. The number of aliphatic carboxylic acids is 1. The van der Waals surface area contributed by atoms with Gasteiger partial charge >= 0.3 is 18.2 Å². The van der Waals surface area contributed by atoms with Gasteiger partial charge in [0.25, 0.3) is 0 Å². The van der Waals surface area contributed by atoms with Crippen LogP contribution in [0, 0.1) is 0 Å². The number of nitrogen functional groups attached to an aromatic ring is 1. The predicted molar refractivity (Wildman–Crippen MR) is 140 cm³/mol. The molecule has 1 amide bonds. The summed E-state index contributed by atoms with van der Waals surface area (Å²) in [4.78, 5) is 31.5. The van der Waals surface area contributed by atoms with Crippen LogP contribution < -0.4 is 15.8 Å². The molecule has 0 aliphatic rings. The van der Waals surface area contributed by atoms with Crippen LogP contribution in [-0.4, -0.2) is 45.0 Å². The van der Waals surface area contributed by atoms with Crippen molar-refractivity contribution in [1.82, 2.24) is 15.3 Å². The summed E-state index contributed by atoms with van der Waals surface area (Å²) in [6, 6.07) is 11.9. The van der Waals surface area contributed by atoms with Crippen molar-refractivity contribution in [1.29, 1.82) is 0 Å². The quantitative estimate of drug-likeness (QED) is 0.296. The Balaban J connectivity index is 1.79. The molecule has 13 heteroatoms. The van der Waals surface area contributed by atoms with Gasteiger partial charge in [0.05, 0.1) is 5.69 Å². The van der Waals surface area contributed by atoms with Crippen LogP contribution in [0.25, 0.3) is 11.3 Å². The van der Waals surface area contributed by atoms with Gasteiger partial charge in [-0.15, -0.1) is 0 Å². The molecule has 0 spiro atoms. The number of rotatable bonds is 8. The van der Waals surface area contributed by atoms with Gasteiger partial charge in [0, 0.05) is 28.1 Å². The van der Waals surface area contributed by atoms with Crippen LogP contribution in [0.3, 0.4) is 0 Å². The van der Waals surface area contributed by atoms with Gasteiger partial charge < -0.3 is 25.6 Å². The van der Waals surface area contributed by atoms with E-state index in [0.29, 0.717) is 15.6 Å². The van der Waals surface area contributed by atoms with Gasteiger partial charge in [-0.05, 0) is 38.5 Å². The number of alkyl halides is 3. The summed E-state index contributed by atoms with van der Waals surface area (Å²) in [5, 5.41) is 11.8. The third-order valence-electron chi connectivity index (χ3n) is 5.11. The highest BCUT2D eigenvalue weighted by atomic mass is 79.9. The van der Waals surface area contributed by atoms with E-state index in [0.717, 1.165) is 0 Å². The van der Waals surface area contributed by atoms with Crippen molar-refractivity contribution >= 4 is 33.9 Å². The lowest BCUT2D eigenvalue weighted by Crippen LogP contribution is -2.44. The lowest BCUT2D eigenvalue weighted by atomic mass is 10.0. The zero-order chi connectivity index (χ0) is 29.0. The fourth-order valence-electron chi connectivity index (χ4n) is 3.43. The van der Waals surface area contributed by atoms with E-state index in [1.165, 1.54) is 30.3 Å². The number of anilines is 1. The van der Waals surface area contributed by atoms with E-state index in [1.54, 1.807) is 45.0 Å². The van der Waals surface area contributed by atoms with E-state index in [1.807, 2.05) is 0 Å². The molecule has 208 valence electrons. The van der Waals surface area contributed by atoms with Crippen LogP contribution in [0.4, 0.5) is 23.9 Å². The molecule has 1 unspecified atom stereocenters. The summed E-state index contributed by atoms with van der Waals surface area (Å²) in [6.45, 7) is 4.96. The molecule has 3 aromatic rings. The Hall–Kier alpha value is -3.87. The highest BCUT2D eigenvalue weighted by molar-refractivity contribution is 9.10. The summed E-state index contributed by atoms with van der Waals surface area (Å²) in [5.41, 5.74) is 6.06. The fraction of sp³-hybridized carbons (Fsp3) is 0.308. The first-order valence-electron chi connectivity index (χ1n) is 11.6. The van der Waals surface area contributed by atoms with Gasteiger partial charge in [-0.25, -0.2) is 14.6 Å². The van der Waals surface area contributed by atoms with Crippen LogP contribution in [0.2, 0.25) is 0 Å². The second kappa shape index (κ2) is 11.9. The van der Waals surface area contributed by atoms with Gasteiger partial charge in [0.2, 0.25) is 17.9 Å². The molecule has 0 aliphatic carbocycles. The minimum absolute atomic E-state index is 0.0460. The van der Waals surface area contributed by atoms with E-state index >= 15 is 0 Å². The summed E-state index contributed by atoms with van der Waals surface area (Å²) in [7, 11) is 0. The Labute approximate surface area is 230 Å². The third-order valence-corrected chi connectivity index (χ3v) is 5.64. The maximum absolute atomic E-state index is 13.8. The minimum Gasteiger partial charge on any atom is -0.480 e. The molecule has 3 rings (SSSR count). The minimum atomic E-state index is -4.73. The first kappa shape index (κ1) is 29.7. The van der Waals surface area contributed by atoms with Crippen molar-refractivity contribution in [3.63, 3.8) is 0 Å². The molecular formula is C26H26BrF3N4O5. The summed E-state index contributed by atoms with van der Waals surface area (Å²) < 4.78 is 52.3. The maximum Gasteiger partial charge on any atom is 0.429 e. The van der Waals surface area contributed by atoms with E-state index in [9.17, 15) is 27.9 Å². The lowest BCUT2D eigenvalue weighted by molar-refractivity contribution is -0.198. The average molecular weight is 611 g/mol. The molecule has 0 aliphatic heterocycles. The van der Waals surface area contributed by atoms with Crippen LogP contribution in [-0.2, 0) is 16.0 Å². The Bertz CT molecular complexity index is 1310. The van der Waals surface area contributed by atoms with Crippen molar-refractivity contribution in [3.8, 4) is 17.1 Å². The number of hydrogen-bond acceptors (Lipinski definition) is 7. The lowest BCUT2D eigenvalue weighted by Gasteiger charge is -2.22. The van der Waals surface area contributed by atoms with Crippen LogP contribution in [0.15, 0.2) is 59.1 Å². The summed E-state index contributed by atoms with van der Waals surface area (Å²) in [6.07, 6.45) is -7.93. The normalized spacial score (nSPS) is 13.3. The molecule has 39 heavy (non-hydrogen) atoms. The van der Waals surface area contributed by atoms with Crippen molar-refractivity contribution < 1.29 is 37.3 Å². The monoisotopic (exact) mass is 610 g/mol. The SMILES string of the molecule is CC(C)(C)OC(=O)NC(Cc1ccc(-c2cc(O[C@@H](c3ccc(Br)cc3)C(F)(F)F)nc(N)n2)cc1)C(=O)O. The molecular weight excluding hydrogens is 585 g/mol. The molecule has 9 nitrogen and oxygen atoms in total. The van der Waals surface area contributed by atoms with E-state index < -0.39 is 36.0 Å². The fourth-order valence-corrected chi connectivity index (χ4v) is 3.69. The number of benzene rings is 2. The van der Waals surface area contributed by atoms with Gasteiger partial charge in [-0.3, -0.25) is 0 Å². The van der Waals surface area contributed by atoms with E-state index in [2.05, 4.69) is 31.2 Å². The smallest absolute Gasteiger partial charge is 0.429 e. The first-order chi connectivity index (χ1) is 18.1. The van der Waals surface area contributed by atoms with E-state index in [-0.39, 0.29) is 29.5 Å². The molecule has 2 atom stereocenters. The number of aromatic nitrogens is 2. The number of carboxylic acid groups (broad SMARTS) is 1. The Morgan fingerprint density at radius 1 is 1.05 bits per heavy atom. The molecule has 0 saturated carbocycles. The number of alkyl carbamates (subject to hydrolysis) is 1. The number of carboxylic acids is 1. The number of nitrogens with one attached hydrogen (secondary N) is 1. The largest absolute Gasteiger partial charge is 0.480 e. The molecule has 0 radical (unpaired) electrons. The first-order valence-corrected chi connectivity index (χ1v) is 12.3. The zero-order valence-electron chi connectivity index (χ0n) is 21.1. The number of nitrogens with zero attached hydrogens (tertiary/aromatic N) is 2. The van der Waals surface area contributed by atoms with Gasteiger partial charge in [-0.2, -0.15) is 18.2 Å². The Kier molecular flexibility index (Phi) is 9.05. The van der Waals surface area contributed by atoms with E-state index in [4.69, 9.17) is 15.2 Å². The highest BCUT2D eigenvalue weighted by Crippen LogP contribution is 2.37. The van der Waals surface area contributed by atoms with Crippen LogP contribution >= 0.6 is 15.9 Å². The second-order valence-electron chi connectivity index (χ2n) is 9.48. The predicted octanol–water partition coefficient (Wildman–Crippen LogP) is 5.69. The second-order valence-corrected chi connectivity index (χ2v) is 10.4. The topological polar surface area (TPSA) is 137 Å². The van der Waals surface area contributed by atoms with Crippen LogP contribution in [0.1, 0.15) is 38.0 Å². The standard InChI is InChI=1S/C26H26BrF3N4O5/c1-25(2,3)39-24(37)33-19(22(35)36)12-14-4-6-15(7-5-14)18-13-20(34-23(31)32-18)38-21(26(28,29)30)16-8-10-17(27)11-9-16/h4-11,13,19,21H,12H2,1-3H3,(H,33,37)(H,35,36)(H2,31,32,34)/t19?,21-/m0/s1. The molecule has 0 saturated heterocycles. The number of hydrogen-bond donors (Lipinski definition) is 3. The zero-order valence-corrected chi connectivity index (χ0v) is 22.7. The number of carbonyl (C=O) groups is 2. The van der Waals surface area contributed by atoms with Crippen molar-refractivity contribution in [2.45, 2.75) is 51.1 Å². The Morgan fingerprint density at radius 3 is 2.21 bits per heavy atom. The molecule has 4 N–H and O–H groups in total. The number of carbonyl (C=O) groups excluding carboxylic acids is 1. The summed E-state index contributed by atoms with van der Waals surface area (Å²) >= 11 is 3.19. The van der Waals surface area contributed by atoms with Gasteiger partial charge in [0.15, 0.2) is 0 Å². The number of halogens is 4. The molecule has 2 aromatic carbocycles. The number of nitrogens with two attached hydrogens (primary N) is 1. The van der Waals surface area contributed by atoms with Gasteiger partial charge in [0.1, 0.15) is 11.6 Å². The van der Waals surface area contributed by atoms with Crippen LogP contribution in [0.5, 0.6) is 5.88 Å². The van der Waals surface area contributed by atoms with Gasteiger partial charge in [-0.1, -0.05) is 52.3 Å². The Morgan fingerprint density at radius 2 is 1.67 bits per heavy atom. The average Bonchev–Trinajstić information content (AvgIpc) is 2.81. The number of amides is 1. The molecule has 0 fully saturated rings. The van der Waals surface area contributed by atoms with Crippen molar-refractivity contribution in [2.24, 2.45) is 0 Å². The number of ether oxygens (including phenoxy) is 2. The highest BCUT2D eigenvalue weighted by Gasteiger charge is 2.43. The third kappa shape index (κ3) is 8.84. The maximum atomic E-state index is 13.8. The molecule has 0 bridgehead atoms. The van der Waals surface area contributed by atoms with Crippen molar-refractivity contribution in [3.05, 3.63) is 70.2 Å².